The van der Waals surface area contributed by atoms with Crippen molar-refractivity contribution in [1.29, 1.82) is 0 Å². The first-order valence-electron chi connectivity index (χ1n) is 8.52. The molecule has 0 aliphatic carbocycles. The van der Waals surface area contributed by atoms with E-state index in [2.05, 4.69) is 34.0 Å². The summed E-state index contributed by atoms with van der Waals surface area (Å²) in [7, 11) is 3.72. The first-order chi connectivity index (χ1) is 12.7. The lowest BCUT2D eigenvalue weighted by Gasteiger charge is -2.17. The summed E-state index contributed by atoms with van der Waals surface area (Å²) in [6.07, 6.45) is 3.71. The maximum Gasteiger partial charge on any atom is 0.153 e. The first-order valence-corrected chi connectivity index (χ1v) is 8.52. The number of hydrogen-bond acceptors (Lipinski definition) is 5. The van der Waals surface area contributed by atoms with Crippen molar-refractivity contribution in [3.05, 3.63) is 83.9 Å². The number of para-hydroxylation sites is 1. The maximum absolute atomic E-state index is 5.82. The zero-order chi connectivity index (χ0) is 18.2. The molecule has 0 bridgehead atoms. The predicted molar refractivity (Wildman–Crippen MR) is 101 cm³/mol. The Balaban J connectivity index is 1.53. The third kappa shape index (κ3) is 5.37. The lowest BCUT2D eigenvalue weighted by molar-refractivity contribution is 0.177. The quantitative estimate of drug-likeness (QED) is 0.614. The van der Waals surface area contributed by atoms with Gasteiger partial charge in [0.25, 0.3) is 0 Å². The van der Waals surface area contributed by atoms with Crippen LogP contribution in [0.15, 0.2) is 67.0 Å². The zero-order valence-corrected chi connectivity index (χ0v) is 15.1. The van der Waals surface area contributed by atoms with Gasteiger partial charge in [-0.05, 0) is 36.9 Å². The average Bonchev–Trinajstić information content (AvgIpc) is 2.66. The summed E-state index contributed by atoms with van der Waals surface area (Å²) < 4.78 is 10.9. The van der Waals surface area contributed by atoms with Crippen LogP contribution >= 0.6 is 0 Å². The van der Waals surface area contributed by atoms with Crippen LogP contribution in [0.25, 0.3) is 0 Å². The highest BCUT2D eigenvalue weighted by molar-refractivity contribution is 5.32. The molecule has 134 valence electrons. The van der Waals surface area contributed by atoms with Gasteiger partial charge in [0.2, 0.25) is 0 Å². The summed E-state index contributed by atoms with van der Waals surface area (Å²) in [5.74, 6) is 2.38. The number of nitrogens with zero attached hydrogens (tertiary/aromatic N) is 3. The molecule has 1 aromatic heterocycles. The van der Waals surface area contributed by atoms with E-state index in [4.69, 9.17) is 9.47 Å². The van der Waals surface area contributed by atoms with Gasteiger partial charge in [0, 0.05) is 38.2 Å². The van der Waals surface area contributed by atoms with E-state index in [-0.39, 0.29) is 0 Å². The highest BCUT2D eigenvalue weighted by Gasteiger charge is 2.05. The molecule has 0 atom stereocenters. The van der Waals surface area contributed by atoms with Crippen LogP contribution in [0.4, 0.5) is 0 Å². The summed E-state index contributed by atoms with van der Waals surface area (Å²) in [5, 5.41) is 0. The third-order valence-corrected chi connectivity index (χ3v) is 3.84. The number of ether oxygens (including phenoxy) is 2. The molecule has 2 aromatic carbocycles. The summed E-state index contributed by atoms with van der Waals surface area (Å²) in [4.78, 5) is 10.8. The molecule has 0 unspecified atom stereocenters. The lowest BCUT2D eigenvalue weighted by Crippen LogP contribution is -2.17. The zero-order valence-electron chi connectivity index (χ0n) is 15.1. The monoisotopic (exact) mass is 349 g/mol. The Kier molecular flexibility index (Phi) is 6.30. The average molecular weight is 349 g/mol. The molecule has 0 saturated carbocycles. The van der Waals surface area contributed by atoms with Crippen molar-refractivity contribution in [2.75, 3.05) is 14.2 Å². The van der Waals surface area contributed by atoms with Gasteiger partial charge in [0.05, 0.1) is 0 Å². The fourth-order valence-electron chi connectivity index (χ4n) is 2.63. The minimum absolute atomic E-state index is 0.438. The molecular weight excluding hydrogens is 326 g/mol. The molecule has 5 heteroatoms. The second-order valence-electron chi connectivity index (χ2n) is 6.17. The van der Waals surface area contributed by atoms with Crippen molar-refractivity contribution in [2.24, 2.45) is 0 Å². The molecule has 0 N–H and O–H groups in total. The molecule has 0 aliphatic rings. The van der Waals surface area contributed by atoms with Gasteiger partial charge in [0.15, 0.2) is 5.82 Å². The van der Waals surface area contributed by atoms with Crippen LogP contribution < -0.4 is 4.74 Å². The van der Waals surface area contributed by atoms with Crippen LogP contribution in [0.5, 0.6) is 11.5 Å². The van der Waals surface area contributed by atoms with E-state index in [9.17, 15) is 0 Å². The van der Waals surface area contributed by atoms with Crippen molar-refractivity contribution < 1.29 is 9.47 Å². The summed E-state index contributed by atoms with van der Waals surface area (Å²) in [6.45, 7) is 2.06. The van der Waals surface area contributed by atoms with E-state index >= 15 is 0 Å². The Bertz CT molecular complexity index is 790. The number of rotatable bonds is 8. The molecule has 0 saturated heterocycles. The van der Waals surface area contributed by atoms with Crippen molar-refractivity contribution in [2.45, 2.75) is 19.7 Å². The van der Waals surface area contributed by atoms with Crippen LogP contribution in [0, 0.1) is 0 Å². The fraction of sp³-hybridized carbons (Fsp3) is 0.238. The minimum Gasteiger partial charge on any atom is -0.457 e. The molecule has 26 heavy (non-hydrogen) atoms. The standard InChI is InChI=1S/C21H23N3O2/c1-24(15-18-12-22-21(16-25-2)23-13-18)14-17-8-10-20(11-9-17)26-19-6-4-3-5-7-19/h3-13H,14-16H2,1-2H3. The van der Waals surface area contributed by atoms with Crippen LogP contribution in [-0.2, 0) is 24.4 Å². The van der Waals surface area contributed by atoms with E-state index in [0.717, 1.165) is 30.2 Å². The van der Waals surface area contributed by atoms with Gasteiger partial charge in [-0.1, -0.05) is 30.3 Å². The Labute approximate surface area is 154 Å². The smallest absolute Gasteiger partial charge is 0.153 e. The SMILES string of the molecule is COCc1ncc(CN(C)Cc2ccc(Oc3ccccc3)cc2)cn1. The van der Waals surface area contributed by atoms with E-state index < -0.39 is 0 Å². The van der Waals surface area contributed by atoms with Crippen molar-refractivity contribution in [3.8, 4) is 11.5 Å². The van der Waals surface area contributed by atoms with E-state index in [1.165, 1.54) is 5.56 Å². The largest absolute Gasteiger partial charge is 0.457 e. The first kappa shape index (κ1) is 18.0. The number of hydrogen-bond donors (Lipinski definition) is 0. The van der Waals surface area contributed by atoms with Gasteiger partial charge >= 0.3 is 0 Å². The molecule has 0 spiro atoms. The topological polar surface area (TPSA) is 47.5 Å². The second kappa shape index (κ2) is 9.08. The third-order valence-electron chi connectivity index (χ3n) is 3.84. The number of aromatic nitrogens is 2. The molecule has 5 nitrogen and oxygen atoms in total. The number of benzene rings is 2. The molecule has 0 amide bonds. The van der Waals surface area contributed by atoms with E-state index in [1.54, 1.807) is 7.11 Å². The molecule has 0 fully saturated rings. The van der Waals surface area contributed by atoms with Crippen LogP contribution in [0.1, 0.15) is 17.0 Å². The van der Waals surface area contributed by atoms with E-state index in [1.807, 2.05) is 54.9 Å². The van der Waals surface area contributed by atoms with Gasteiger partial charge in [-0.15, -0.1) is 0 Å². The highest BCUT2D eigenvalue weighted by Crippen LogP contribution is 2.21. The summed E-state index contributed by atoms with van der Waals surface area (Å²) >= 11 is 0. The minimum atomic E-state index is 0.438. The highest BCUT2D eigenvalue weighted by atomic mass is 16.5. The normalized spacial score (nSPS) is 10.9. The molecular formula is C21H23N3O2. The van der Waals surface area contributed by atoms with Gasteiger partial charge in [0.1, 0.15) is 18.1 Å². The molecule has 3 rings (SSSR count). The molecule has 0 radical (unpaired) electrons. The maximum atomic E-state index is 5.82. The van der Waals surface area contributed by atoms with E-state index in [0.29, 0.717) is 12.4 Å². The van der Waals surface area contributed by atoms with Crippen LogP contribution in [0.3, 0.4) is 0 Å². The Hall–Kier alpha value is -2.76. The van der Waals surface area contributed by atoms with Gasteiger partial charge < -0.3 is 9.47 Å². The van der Waals surface area contributed by atoms with Crippen LogP contribution in [0.2, 0.25) is 0 Å². The summed E-state index contributed by atoms with van der Waals surface area (Å²) in [6, 6.07) is 18.0. The molecule has 3 aromatic rings. The van der Waals surface area contributed by atoms with Crippen molar-refractivity contribution in [3.63, 3.8) is 0 Å². The Morgan fingerprint density at radius 2 is 1.42 bits per heavy atom. The Morgan fingerprint density at radius 1 is 0.808 bits per heavy atom. The Morgan fingerprint density at radius 3 is 2.08 bits per heavy atom. The predicted octanol–water partition coefficient (Wildman–Crippen LogP) is 4.05. The van der Waals surface area contributed by atoms with Crippen molar-refractivity contribution in [1.82, 2.24) is 14.9 Å². The lowest BCUT2D eigenvalue weighted by atomic mass is 10.2. The van der Waals surface area contributed by atoms with Gasteiger partial charge in [-0.2, -0.15) is 0 Å². The number of methoxy groups -OCH3 is 1. The van der Waals surface area contributed by atoms with Gasteiger partial charge in [-0.3, -0.25) is 4.90 Å². The molecule has 1 heterocycles. The van der Waals surface area contributed by atoms with Gasteiger partial charge in [-0.25, -0.2) is 9.97 Å². The second-order valence-corrected chi connectivity index (χ2v) is 6.17. The van der Waals surface area contributed by atoms with Crippen LogP contribution in [-0.4, -0.2) is 29.0 Å². The fourth-order valence-corrected chi connectivity index (χ4v) is 2.63. The summed E-state index contributed by atoms with van der Waals surface area (Å²) in [5.41, 5.74) is 2.31. The van der Waals surface area contributed by atoms with Crippen molar-refractivity contribution >= 4 is 0 Å². The molecule has 0 aliphatic heterocycles.